The smallest absolute Gasteiger partial charge is 0.127 e. The number of terminal acetylenes is 1. The van der Waals surface area contributed by atoms with Crippen molar-refractivity contribution in [1.82, 2.24) is 4.90 Å². The van der Waals surface area contributed by atoms with Crippen molar-refractivity contribution < 1.29 is 4.39 Å². The molecule has 2 heteroatoms. The van der Waals surface area contributed by atoms with Gasteiger partial charge in [0.05, 0.1) is 0 Å². The number of nitrogens with zero attached hydrogens (tertiary/aromatic N) is 1. The van der Waals surface area contributed by atoms with E-state index in [0.717, 1.165) is 39.1 Å². The van der Waals surface area contributed by atoms with Crippen LogP contribution in [0.15, 0.2) is 68.3 Å². The van der Waals surface area contributed by atoms with Gasteiger partial charge in [-0.1, -0.05) is 42.9 Å². The largest absolute Gasteiger partial charge is 0.370 e. The van der Waals surface area contributed by atoms with E-state index in [1.54, 1.807) is 25.1 Å². The molecule has 2 aromatic carbocycles. The van der Waals surface area contributed by atoms with Crippen LogP contribution in [0.2, 0.25) is 0 Å². The summed E-state index contributed by atoms with van der Waals surface area (Å²) >= 11 is 0. The number of rotatable bonds is 8. The number of hydrogen-bond acceptors (Lipinski definition) is 1. The van der Waals surface area contributed by atoms with E-state index >= 15 is 0 Å². The van der Waals surface area contributed by atoms with Crippen LogP contribution in [0, 0.1) is 25.1 Å². The Morgan fingerprint density at radius 2 is 1.93 bits per heavy atom. The zero-order chi connectivity index (χ0) is 21.6. The molecule has 0 bridgehead atoms. The van der Waals surface area contributed by atoms with E-state index in [2.05, 4.69) is 30.6 Å². The zero-order valence-electron chi connectivity index (χ0n) is 17.6. The van der Waals surface area contributed by atoms with E-state index in [1.165, 1.54) is 0 Å². The predicted octanol–water partition coefficient (Wildman–Crippen LogP) is 6.54. The lowest BCUT2D eigenvalue weighted by molar-refractivity contribution is 0.474. The molecule has 0 unspecified atom stereocenters. The average Bonchev–Trinajstić information content (AvgIpc) is 2.69. The first kappa shape index (κ1) is 22.0. The molecule has 0 aliphatic rings. The lowest BCUT2D eigenvalue weighted by atomic mass is 9.97. The van der Waals surface area contributed by atoms with Gasteiger partial charge in [0.2, 0.25) is 0 Å². The van der Waals surface area contributed by atoms with E-state index in [0.29, 0.717) is 18.5 Å². The second-order valence-electron chi connectivity index (χ2n) is 7.18. The van der Waals surface area contributed by atoms with Crippen LogP contribution in [0.3, 0.4) is 0 Å². The summed E-state index contributed by atoms with van der Waals surface area (Å²) in [5.74, 6) is 2.45. The van der Waals surface area contributed by atoms with Gasteiger partial charge in [0, 0.05) is 30.4 Å². The Kier molecular flexibility index (Phi) is 7.39. The monoisotopic (exact) mass is 385 g/mol. The van der Waals surface area contributed by atoms with Gasteiger partial charge in [0.1, 0.15) is 5.82 Å². The van der Waals surface area contributed by atoms with Gasteiger partial charge in [-0.2, -0.15) is 0 Å². The Bertz CT molecular complexity index is 1020. The second kappa shape index (κ2) is 9.75. The zero-order valence-corrected chi connectivity index (χ0v) is 17.6. The lowest BCUT2D eigenvalue weighted by Gasteiger charge is -2.25. The Labute approximate surface area is 174 Å². The van der Waals surface area contributed by atoms with Gasteiger partial charge < -0.3 is 4.90 Å². The highest BCUT2D eigenvalue weighted by Gasteiger charge is 2.14. The molecule has 0 saturated carbocycles. The van der Waals surface area contributed by atoms with Crippen LogP contribution in [0.5, 0.6) is 0 Å². The maximum absolute atomic E-state index is 14.6. The predicted molar refractivity (Wildman–Crippen MR) is 124 cm³/mol. The van der Waals surface area contributed by atoms with Crippen LogP contribution in [0.1, 0.15) is 40.3 Å². The highest BCUT2D eigenvalue weighted by atomic mass is 19.1. The topological polar surface area (TPSA) is 3.24 Å². The van der Waals surface area contributed by atoms with Crippen LogP contribution >= 0.6 is 0 Å². The summed E-state index contributed by atoms with van der Waals surface area (Å²) in [5, 5.41) is 0. The third kappa shape index (κ3) is 5.15. The maximum Gasteiger partial charge on any atom is 0.127 e. The fourth-order valence-electron chi connectivity index (χ4n) is 3.35. The first-order valence-electron chi connectivity index (χ1n) is 9.51. The van der Waals surface area contributed by atoms with Crippen LogP contribution in [0.4, 0.5) is 4.39 Å². The number of halogens is 1. The fraction of sp³-hybridized carbons (Fsp3) is 0.185. The van der Waals surface area contributed by atoms with Crippen molar-refractivity contribution >= 4 is 11.3 Å². The van der Waals surface area contributed by atoms with Gasteiger partial charge in [-0.25, -0.2) is 4.39 Å². The molecule has 2 aromatic rings. The second-order valence-corrected chi connectivity index (χ2v) is 7.18. The molecule has 0 aliphatic heterocycles. The molecule has 0 spiro atoms. The van der Waals surface area contributed by atoms with Crippen molar-refractivity contribution in [2.24, 2.45) is 0 Å². The molecule has 2 rings (SSSR count). The number of benzene rings is 2. The molecule has 0 aliphatic carbocycles. The van der Waals surface area contributed by atoms with E-state index < -0.39 is 0 Å². The third-order valence-electron chi connectivity index (χ3n) is 4.94. The highest BCUT2D eigenvalue weighted by Crippen LogP contribution is 2.27. The van der Waals surface area contributed by atoms with E-state index in [9.17, 15) is 4.39 Å². The summed E-state index contributed by atoms with van der Waals surface area (Å²) in [6.45, 7) is 16.1. The summed E-state index contributed by atoms with van der Waals surface area (Å²) in [4.78, 5) is 2.08. The SMILES string of the molecule is C#Cc1ccc(CN(C)/C(=C\C=C)c2cc(F)c(C)c(CC=C)c2)c(C(=C)C)c1. The first-order chi connectivity index (χ1) is 13.8. The molecule has 0 N–H and O–H groups in total. The summed E-state index contributed by atoms with van der Waals surface area (Å²) in [6, 6.07) is 9.54. The minimum atomic E-state index is -0.219. The molecule has 29 heavy (non-hydrogen) atoms. The molecular weight excluding hydrogens is 357 g/mol. The standard InChI is InChI=1S/C27H28FN/c1-8-11-22-16-24(17-26(28)20(22)6)27(12-9-2)29(7)18-23-14-13-21(10-3)15-25(23)19(4)5/h3,8-9,12-17H,1-2,4,11,18H2,5-7H3/b27-12-. The lowest BCUT2D eigenvalue weighted by Crippen LogP contribution is -2.18. The molecule has 0 atom stereocenters. The van der Waals surface area contributed by atoms with Gasteiger partial charge in [0.25, 0.3) is 0 Å². The van der Waals surface area contributed by atoms with E-state index in [1.807, 2.05) is 44.3 Å². The molecule has 0 amide bonds. The van der Waals surface area contributed by atoms with Crippen LogP contribution in [-0.2, 0) is 13.0 Å². The van der Waals surface area contributed by atoms with Crippen LogP contribution < -0.4 is 0 Å². The minimum absolute atomic E-state index is 0.219. The molecule has 0 aromatic heterocycles. The fourth-order valence-corrected chi connectivity index (χ4v) is 3.35. The Morgan fingerprint density at radius 1 is 1.21 bits per heavy atom. The molecule has 1 nitrogen and oxygen atoms in total. The molecule has 0 fully saturated rings. The Balaban J connectivity index is 2.47. The quantitative estimate of drug-likeness (QED) is 0.283. The van der Waals surface area contributed by atoms with Gasteiger partial charge in [-0.05, 0) is 72.9 Å². The van der Waals surface area contributed by atoms with Crippen LogP contribution in [0.25, 0.3) is 11.3 Å². The van der Waals surface area contributed by atoms with Crippen molar-refractivity contribution in [3.63, 3.8) is 0 Å². The van der Waals surface area contributed by atoms with Gasteiger partial charge >= 0.3 is 0 Å². The van der Waals surface area contributed by atoms with Gasteiger partial charge in [-0.3, -0.25) is 0 Å². The van der Waals surface area contributed by atoms with Crippen molar-refractivity contribution in [2.45, 2.75) is 26.8 Å². The van der Waals surface area contributed by atoms with Crippen molar-refractivity contribution in [3.8, 4) is 12.3 Å². The number of hydrogen-bond donors (Lipinski definition) is 0. The molecule has 0 heterocycles. The number of allylic oxidation sites excluding steroid dienone is 4. The maximum atomic E-state index is 14.6. The van der Waals surface area contributed by atoms with Crippen molar-refractivity contribution in [2.75, 3.05) is 7.05 Å². The molecule has 148 valence electrons. The average molecular weight is 386 g/mol. The molecule has 0 radical (unpaired) electrons. The summed E-state index contributed by atoms with van der Waals surface area (Å²) in [6.07, 6.45) is 11.6. The Hall–Kier alpha value is -3.31. The van der Waals surface area contributed by atoms with E-state index in [4.69, 9.17) is 6.42 Å². The van der Waals surface area contributed by atoms with Crippen molar-refractivity contribution in [1.29, 1.82) is 0 Å². The molecular formula is C27H28FN. The summed E-state index contributed by atoms with van der Waals surface area (Å²) < 4.78 is 14.6. The highest BCUT2D eigenvalue weighted by molar-refractivity contribution is 5.69. The van der Waals surface area contributed by atoms with Gasteiger partial charge in [-0.15, -0.1) is 13.0 Å². The van der Waals surface area contributed by atoms with Crippen LogP contribution in [-0.4, -0.2) is 11.9 Å². The minimum Gasteiger partial charge on any atom is -0.370 e. The molecule has 0 saturated heterocycles. The van der Waals surface area contributed by atoms with E-state index in [-0.39, 0.29) is 5.82 Å². The van der Waals surface area contributed by atoms with Crippen molar-refractivity contribution in [3.05, 3.63) is 107 Å². The van der Waals surface area contributed by atoms with Gasteiger partial charge in [0.15, 0.2) is 0 Å². The third-order valence-corrected chi connectivity index (χ3v) is 4.94. The summed E-state index contributed by atoms with van der Waals surface area (Å²) in [5.41, 5.74) is 7.20. The Morgan fingerprint density at radius 3 is 2.52 bits per heavy atom. The summed E-state index contributed by atoms with van der Waals surface area (Å²) in [7, 11) is 1.98. The normalized spacial score (nSPS) is 10.9. The first-order valence-corrected chi connectivity index (χ1v) is 9.51.